The number of carbonyl (C=O) groups is 1. The van der Waals surface area contributed by atoms with Crippen molar-refractivity contribution in [3.63, 3.8) is 0 Å². The summed E-state index contributed by atoms with van der Waals surface area (Å²) < 4.78 is 24.9. The van der Waals surface area contributed by atoms with Crippen LogP contribution in [0.25, 0.3) is 0 Å². The molecule has 0 spiro atoms. The minimum Gasteiger partial charge on any atom is -0.378 e. The van der Waals surface area contributed by atoms with Gasteiger partial charge in [0.1, 0.15) is 6.04 Å². The molecule has 1 heterocycles. The van der Waals surface area contributed by atoms with Crippen LogP contribution in [0.1, 0.15) is 18.4 Å². The number of hydrogen-bond acceptors (Lipinski definition) is 4. The first-order valence-electron chi connectivity index (χ1n) is 7.68. The third kappa shape index (κ3) is 4.23. The van der Waals surface area contributed by atoms with E-state index in [9.17, 15) is 13.2 Å². The zero-order valence-electron chi connectivity index (χ0n) is 14.2. The number of amides is 1. The van der Waals surface area contributed by atoms with Gasteiger partial charge >= 0.3 is 0 Å². The molecule has 0 radical (unpaired) electrons. The highest BCUT2D eigenvalue weighted by molar-refractivity contribution is 7.88. The predicted octanol–water partition coefficient (Wildman–Crippen LogP) is 1.14. The molecule has 1 fully saturated rings. The molecule has 0 saturated carbocycles. The van der Waals surface area contributed by atoms with Crippen LogP contribution in [0.3, 0.4) is 0 Å². The third-order valence-electron chi connectivity index (χ3n) is 4.16. The van der Waals surface area contributed by atoms with E-state index in [4.69, 9.17) is 0 Å². The Bertz CT molecular complexity index is 656. The largest absolute Gasteiger partial charge is 0.378 e. The molecule has 1 aliphatic rings. The van der Waals surface area contributed by atoms with E-state index >= 15 is 0 Å². The average Bonchev–Trinajstić information content (AvgIpc) is 2.96. The maximum Gasteiger partial charge on any atom is 0.241 e. The highest BCUT2D eigenvalue weighted by Gasteiger charge is 2.37. The van der Waals surface area contributed by atoms with Gasteiger partial charge in [0.05, 0.1) is 6.26 Å². The van der Waals surface area contributed by atoms with Gasteiger partial charge in [-0.25, -0.2) is 8.42 Å². The van der Waals surface area contributed by atoms with E-state index in [1.165, 1.54) is 10.6 Å². The average molecular weight is 339 g/mol. The number of carbonyl (C=O) groups excluding carboxylic acids is 1. The second-order valence-corrected chi connectivity index (χ2v) is 8.22. The highest BCUT2D eigenvalue weighted by atomic mass is 32.2. The topological polar surface area (TPSA) is 60.9 Å². The molecule has 1 aromatic carbocycles. The normalized spacial score (nSPS) is 18.9. The van der Waals surface area contributed by atoms with Crippen molar-refractivity contribution in [1.29, 1.82) is 0 Å². The summed E-state index contributed by atoms with van der Waals surface area (Å²) in [6.07, 6.45) is 2.49. The van der Waals surface area contributed by atoms with Gasteiger partial charge in [0, 0.05) is 39.9 Å². The van der Waals surface area contributed by atoms with Gasteiger partial charge in [0.15, 0.2) is 0 Å². The van der Waals surface area contributed by atoms with E-state index in [-0.39, 0.29) is 5.91 Å². The zero-order valence-corrected chi connectivity index (χ0v) is 15.0. The zero-order chi connectivity index (χ0) is 17.2. The minimum atomic E-state index is -3.34. The van der Waals surface area contributed by atoms with Crippen molar-refractivity contribution in [2.45, 2.75) is 25.4 Å². The fourth-order valence-electron chi connectivity index (χ4n) is 2.89. The van der Waals surface area contributed by atoms with Gasteiger partial charge in [-0.05, 0) is 30.5 Å². The van der Waals surface area contributed by atoms with Crippen LogP contribution < -0.4 is 4.90 Å². The van der Waals surface area contributed by atoms with Crippen LogP contribution in [0.4, 0.5) is 5.69 Å². The number of likely N-dealkylation sites (N-methyl/N-ethyl adjacent to an activating group) is 1. The van der Waals surface area contributed by atoms with E-state index in [1.807, 2.05) is 43.3 Å². The maximum absolute atomic E-state index is 12.6. The fourth-order valence-corrected chi connectivity index (χ4v) is 4.01. The molecule has 1 saturated heterocycles. The van der Waals surface area contributed by atoms with Crippen molar-refractivity contribution in [3.8, 4) is 0 Å². The minimum absolute atomic E-state index is 0.135. The van der Waals surface area contributed by atoms with E-state index in [2.05, 4.69) is 0 Å². The summed E-state index contributed by atoms with van der Waals surface area (Å²) >= 11 is 0. The van der Waals surface area contributed by atoms with Crippen molar-refractivity contribution in [2.75, 3.05) is 38.8 Å². The van der Waals surface area contributed by atoms with Crippen molar-refractivity contribution in [3.05, 3.63) is 29.8 Å². The molecule has 1 aromatic rings. The van der Waals surface area contributed by atoms with Crippen LogP contribution >= 0.6 is 0 Å². The summed E-state index contributed by atoms with van der Waals surface area (Å²) in [5.41, 5.74) is 2.12. The third-order valence-corrected chi connectivity index (χ3v) is 5.45. The van der Waals surface area contributed by atoms with Gasteiger partial charge in [-0.15, -0.1) is 0 Å². The van der Waals surface area contributed by atoms with Gasteiger partial charge in [-0.2, -0.15) is 4.31 Å². The van der Waals surface area contributed by atoms with Crippen LogP contribution in [0, 0.1) is 0 Å². The van der Waals surface area contributed by atoms with Crippen molar-refractivity contribution >= 4 is 21.6 Å². The molecule has 1 unspecified atom stereocenters. The van der Waals surface area contributed by atoms with Gasteiger partial charge in [0.25, 0.3) is 0 Å². The Morgan fingerprint density at radius 2 is 1.83 bits per heavy atom. The Hall–Kier alpha value is -1.60. The molecule has 0 aromatic heterocycles. The van der Waals surface area contributed by atoms with Crippen LogP contribution in [-0.4, -0.2) is 63.5 Å². The Kier molecular flexibility index (Phi) is 5.31. The highest BCUT2D eigenvalue weighted by Crippen LogP contribution is 2.22. The molecule has 1 aliphatic heterocycles. The molecule has 0 bridgehead atoms. The van der Waals surface area contributed by atoms with Crippen molar-refractivity contribution in [1.82, 2.24) is 9.21 Å². The molecule has 6 nitrogen and oxygen atoms in total. The summed E-state index contributed by atoms with van der Waals surface area (Å²) in [4.78, 5) is 16.2. The standard InChI is InChI=1S/C16H25N3O3S/c1-17(2)14-9-7-13(8-10-14)12-18(3)16(20)15-6-5-11-19(15)23(4,21)22/h7-10,15H,5-6,11-12H2,1-4H3. The number of rotatable bonds is 5. The molecule has 0 N–H and O–H groups in total. The number of benzene rings is 1. The second kappa shape index (κ2) is 6.88. The summed E-state index contributed by atoms with van der Waals surface area (Å²) in [5.74, 6) is -0.135. The summed E-state index contributed by atoms with van der Waals surface area (Å²) in [6.45, 7) is 0.904. The monoisotopic (exact) mass is 339 g/mol. The number of sulfonamides is 1. The van der Waals surface area contributed by atoms with E-state index in [0.29, 0.717) is 19.5 Å². The molecule has 1 atom stereocenters. The lowest BCUT2D eigenvalue weighted by Gasteiger charge is -2.26. The van der Waals surface area contributed by atoms with Gasteiger partial charge < -0.3 is 9.80 Å². The quantitative estimate of drug-likeness (QED) is 0.807. The van der Waals surface area contributed by atoms with Crippen molar-refractivity contribution < 1.29 is 13.2 Å². The number of anilines is 1. The molecule has 128 valence electrons. The molecular formula is C16H25N3O3S. The smallest absolute Gasteiger partial charge is 0.241 e. The lowest BCUT2D eigenvalue weighted by Crippen LogP contribution is -2.45. The molecule has 0 aliphatic carbocycles. The van der Waals surface area contributed by atoms with Gasteiger partial charge in [0.2, 0.25) is 15.9 Å². The Morgan fingerprint density at radius 3 is 2.35 bits per heavy atom. The molecule has 2 rings (SSSR count). The molecular weight excluding hydrogens is 314 g/mol. The van der Waals surface area contributed by atoms with Crippen LogP contribution in [0.5, 0.6) is 0 Å². The van der Waals surface area contributed by atoms with Crippen LogP contribution in [0.2, 0.25) is 0 Å². The Labute approximate surface area is 138 Å². The maximum atomic E-state index is 12.6. The second-order valence-electron chi connectivity index (χ2n) is 6.29. The molecule has 7 heteroatoms. The number of hydrogen-bond donors (Lipinski definition) is 0. The van der Waals surface area contributed by atoms with E-state index in [1.54, 1.807) is 11.9 Å². The summed E-state index contributed by atoms with van der Waals surface area (Å²) in [5, 5.41) is 0. The van der Waals surface area contributed by atoms with Crippen LogP contribution in [-0.2, 0) is 21.4 Å². The van der Waals surface area contributed by atoms with Crippen molar-refractivity contribution in [2.24, 2.45) is 0 Å². The Morgan fingerprint density at radius 1 is 1.22 bits per heavy atom. The fraction of sp³-hybridized carbons (Fsp3) is 0.562. The number of nitrogens with zero attached hydrogens (tertiary/aromatic N) is 3. The van der Waals surface area contributed by atoms with E-state index in [0.717, 1.165) is 17.7 Å². The van der Waals surface area contributed by atoms with Crippen LogP contribution in [0.15, 0.2) is 24.3 Å². The van der Waals surface area contributed by atoms with E-state index < -0.39 is 16.1 Å². The predicted molar refractivity (Wildman–Crippen MR) is 91.8 cm³/mol. The Balaban J connectivity index is 2.05. The molecule has 23 heavy (non-hydrogen) atoms. The SMILES string of the molecule is CN(Cc1ccc(N(C)C)cc1)C(=O)C1CCCN1S(C)(=O)=O. The lowest BCUT2D eigenvalue weighted by atomic mass is 10.1. The first kappa shape index (κ1) is 17.7. The summed E-state index contributed by atoms with van der Waals surface area (Å²) in [7, 11) is 2.34. The molecule has 1 amide bonds. The summed E-state index contributed by atoms with van der Waals surface area (Å²) in [6, 6.07) is 7.43. The van der Waals surface area contributed by atoms with Gasteiger partial charge in [-0.3, -0.25) is 4.79 Å². The lowest BCUT2D eigenvalue weighted by molar-refractivity contribution is -0.133. The van der Waals surface area contributed by atoms with Gasteiger partial charge in [-0.1, -0.05) is 12.1 Å². The first-order valence-corrected chi connectivity index (χ1v) is 9.53. The first-order chi connectivity index (χ1) is 10.7.